The molecule has 0 fully saturated rings. The molecule has 0 saturated carbocycles. The molecule has 102 valence electrons. The van der Waals surface area contributed by atoms with Gasteiger partial charge in [0.05, 0.1) is 5.70 Å². The molecule has 2 heteroatoms. The van der Waals surface area contributed by atoms with Crippen LogP contribution in [-0.2, 0) is 0 Å². The Balaban J connectivity index is 2.34. The zero-order valence-electron chi connectivity index (χ0n) is 11.8. The van der Waals surface area contributed by atoms with E-state index in [-0.39, 0.29) is 0 Å². The van der Waals surface area contributed by atoms with Crippen LogP contribution in [0.2, 0.25) is 0 Å². The van der Waals surface area contributed by atoms with E-state index in [2.05, 4.69) is 30.1 Å². The lowest BCUT2D eigenvalue weighted by Gasteiger charge is -2.05. The van der Waals surface area contributed by atoms with Gasteiger partial charge in [-0.15, -0.1) is 0 Å². The van der Waals surface area contributed by atoms with Crippen LogP contribution in [0.15, 0.2) is 71.7 Å². The number of hydrogen-bond donors (Lipinski definition) is 1. The van der Waals surface area contributed by atoms with Crippen LogP contribution in [0.25, 0.3) is 5.70 Å². The van der Waals surface area contributed by atoms with Crippen molar-refractivity contribution in [1.29, 1.82) is 0 Å². The molecule has 2 aromatic rings. The maximum absolute atomic E-state index is 6.11. The first-order valence-corrected chi connectivity index (χ1v) is 6.96. The molecule has 0 amide bonds. The average Bonchev–Trinajstić information content (AvgIpc) is 2.53. The summed E-state index contributed by atoms with van der Waals surface area (Å²) in [4.78, 5) is 4.61. The number of nitrogens with two attached hydrogens (primary N) is 1. The van der Waals surface area contributed by atoms with Crippen LogP contribution >= 0.6 is 0 Å². The molecule has 2 aromatic carbocycles. The predicted molar refractivity (Wildman–Crippen MR) is 86.5 cm³/mol. The molecule has 0 spiro atoms. The molecule has 0 atom stereocenters. The molecule has 0 aromatic heterocycles. The summed E-state index contributed by atoms with van der Waals surface area (Å²) >= 11 is 0. The van der Waals surface area contributed by atoms with Crippen LogP contribution in [0.3, 0.4) is 0 Å². The summed E-state index contributed by atoms with van der Waals surface area (Å²) in [6.07, 6.45) is 4.23. The molecule has 0 aliphatic carbocycles. The third-order valence-electron chi connectivity index (χ3n) is 3.01. The fourth-order valence-corrected chi connectivity index (χ4v) is 1.92. The van der Waals surface area contributed by atoms with Crippen molar-refractivity contribution in [2.45, 2.75) is 19.8 Å². The second kappa shape index (κ2) is 7.29. The summed E-state index contributed by atoms with van der Waals surface area (Å²) in [6, 6.07) is 20.0. The Morgan fingerprint density at radius 3 is 2.05 bits per heavy atom. The smallest absolute Gasteiger partial charge is 0.131 e. The number of benzene rings is 2. The highest BCUT2D eigenvalue weighted by molar-refractivity contribution is 6.00. The van der Waals surface area contributed by atoms with E-state index >= 15 is 0 Å². The number of rotatable bonds is 5. The standard InChI is InChI=1S/C18H20N2/c1-2-3-14-17(15-10-6-4-7-11-15)20-18(19)16-12-8-5-9-13-16/h4-14H,2-3H2,1H3,(H2,19,20). The highest BCUT2D eigenvalue weighted by atomic mass is 14.9. The summed E-state index contributed by atoms with van der Waals surface area (Å²) in [6.45, 7) is 2.16. The van der Waals surface area contributed by atoms with Crippen molar-refractivity contribution in [2.75, 3.05) is 0 Å². The fraction of sp³-hybridized carbons (Fsp3) is 0.167. The van der Waals surface area contributed by atoms with Gasteiger partial charge in [-0.05, 0) is 12.0 Å². The van der Waals surface area contributed by atoms with Crippen LogP contribution in [-0.4, -0.2) is 5.84 Å². The zero-order valence-corrected chi connectivity index (χ0v) is 11.8. The second-order valence-electron chi connectivity index (χ2n) is 4.61. The Kier molecular flexibility index (Phi) is 5.13. The second-order valence-corrected chi connectivity index (χ2v) is 4.61. The molecule has 0 aliphatic heterocycles. The van der Waals surface area contributed by atoms with Gasteiger partial charge in [0.15, 0.2) is 0 Å². The van der Waals surface area contributed by atoms with Gasteiger partial charge in [0.25, 0.3) is 0 Å². The highest BCUT2D eigenvalue weighted by Gasteiger charge is 2.02. The lowest BCUT2D eigenvalue weighted by Crippen LogP contribution is -2.13. The SMILES string of the molecule is CCCC=C(N=C(N)c1ccccc1)c1ccccc1. The first-order chi connectivity index (χ1) is 9.81. The lowest BCUT2D eigenvalue weighted by atomic mass is 10.1. The van der Waals surface area contributed by atoms with Gasteiger partial charge in [0.1, 0.15) is 5.84 Å². The normalized spacial score (nSPS) is 12.4. The number of nitrogens with zero attached hydrogens (tertiary/aromatic N) is 1. The van der Waals surface area contributed by atoms with E-state index in [1.54, 1.807) is 0 Å². The topological polar surface area (TPSA) is 38.4 Å². The Bertz CT molecular complexity index is 583. The van der Waals surface area contributed by atoms with Crippen molar-refractivity contribution in [3.63, 3.8) is 0 Å². The van der Waals surface area contributed by atoms with Gasteiger partial charge in [0, 0.05) is 5.56 Å². The van der Waals surface area contributed by atoms with Crippen molar-refractivity contribution in [3.8, 4) is 0 Å². The van der Waals surface area contributed by atoms with Crippen molar-refractivity contribution < 1.29 is 0 Å². The number of allylic oxidation sites excluding steroid dienone is 1. The third-order valence-corrected chi connectivity index (χ3v) is 3.01. The highest BCUT2D eigenvalue weighted by Crippen LogP contribution is 2.17. The van der Waals surface area contributed by atoms with Gasteiger partial charge in [-0.25, -0.2) is 4.99 Å². The number of aliphatic imine (C=N–C) groups is 1. The molecular weight excluding hydrogens is 244 g/mol. The maximum atomic E-state index is 6.11. The molecule has 0 unspecified atom stereocenters. The minimum Gasteiger partial charge on any atom is -0.383 e. The quantitative estimate of drug-likeness (QED) is 0.637. The lowest BCUT2D eigenvalue weighted by molar-refractivity contribution is 0.958. The average molecular weight is 264 g/mol. The molecule has 2 rings (SSSR count). The molecule has 0 heterocycles. The summed E-state index contributed by atoms with van der Waals surface area (Å²) < 4.78 is 0. The minimum atomic E-state index is 0.553. The molecule has 2 nitrogen and oxygen atoms in total. The molecule has 0 saturated heterocycles. The van der Waals surface area contributed by atoms with Gasteiger partial charge < -0.3 is 5.73 Å². The fourth-order valence-electron chi connectivity index (χ4n) is 1.92. The van der Waals surface area contributed by atoms with Crippen molar-refractivity contribution >= 4 is 11.5 Å². The van der Waals surface area contributed by atoms with E-state index in [0.29, 0.717) is 5.84 Å². The summed E-state index contributed by atoms with van der Waals surface area (Å²) in [5.41, 5.74) is 9.10. The first-order valence-electron chi connectivity index (χ1n) is 6.96. The van der Waals surface area contributed by atoms with Crippen LogP contribution in [0.5, 0.6) is 0 Å². The summed E-state index contributed by atoms with van der Waals surface area (Å²) in [7, 11) is 0. The van der Waals surface area contributed by atoms with Crippen LogP contribution < -0.4 is 5.73 Å². The Labute approximate surface area is 120 Å². The van der Waals surface area contributed by atoms with Crippen LogP contribution in [0.1, 0.15) is 30.9 Å². The van der Waals surface area contributed by atoms with Gasteiger partial charge in [-0.3, -0.25) is 0 Å². The molecule has 0 radical (unpaired) electrons. The van der Waals surface area contributed by atoms with Crippen molar-refractivity contribution in [2.24, 2.45) is 10.7 Å². The van der Waals surface area contributed by atoms with Gasteiger partial charge in [0.2, 0.25) is 0 Å². The van der Waals surface area contributed by atoms with Crippen LogP contribution in [0, 0.1) is 0 Å². The van der Waals surface area contributed by atoms with E-state index in [1.165, 1.54) is 0 Å². The summed E-state index contributed by atoms with van der Waals surface area (Å²) in [5.74, 6) is 0.553. The third kappa shape index (κ3) is 3.82. The van der Waals surface area contributed by atoms with Crippen LogP contribution in [0.4, 0.5) is 0 Å². The molecular formula is C18H20N2. The molecule has 20 heavy (non-hydrogen) atoms. The van der Waals surface area contributed by atoms with E-state index in [0.717, 1.165) is 29.7 Å². The number of unbranched alkanes of at least 4 members (excludes halogenated alkanes) is 1. The van der Waals surface area contributed by atoms with E-state index in [9.17, 15) is 0 Å². The minimum absolute atomic E-state index is 0.553. The van der Waals surface area contributed by atoms with Gasteiger partial charge in [-0.2, -0.15) is 0 Å². The zero-order chi connectivity index (χ0) is 14.2. The number of hydrogen-bond acceptors (Lipinski definition) is 1. The van der Waals surface area contributed by atoms with Gasteiger partial charge >= 0.3 is 0 Å². The Hall–Kier alpha value is -2.35. The van der Waals surface area contributed by atoms with E-state index in [4.69, 9.17) is 5.73 Å². The van der Waals surface area contributed by atoms with Crippen molar-refractivity contribution in [3.05, 3.63) is 77.9 Å². The molecule has 2 N–H and O–H groups in total. The largest absolute Gasteiger partial charge is 0.383 e. The Morgan fingerprint density at radius 1 is 0.950 bits per heavy atom. The van der Waals surface area contributed by atoms with Gasteiger partial charge in [-0.1, -0.05) is 80.1 Å². The van der Waals surface area contributed by atoms with E-state index < -0.39 is 0 Å². The molecule has 0 bridgehead atoms. The first kappa shape index (κ1) is 14.1. The maximum Gasteiger partial charge on any atom is 0.131 e. The van der Waals surface area contributed by atoms with E-state index in [1.807, 2.05) is 48.5 Å². The Morgan fingerprint density at radius 2 is 1.50 bits per heavy atom. The molecule has 0 aliphatic rings. The predicted octanol–water partition coefficient (Wildman–Crippen LogP) is 4.23. The number of amidine groups is 1. The van der Waals surface area contributed by atoms with Crippen molar-refractivity contribution in [1.82, 2.24) is 0 Å². The monoisotopic (exact) mass is 264 g/mol. The summed E-state index contributed by atoms with van der Waals surface area (Å²) in [5, 5.41) is 0.